The SMILES string of the molecule is O=C1N/C(=C/c2cccc(OCc3ccccc3F)c2)C(=O)N1c1ccc(Cl)cc1. The van der Waals surface area contributed by atoms with Crippen LogP contribution in [-0.2, 0) is 11.4 Å². The molecule has 0 spiro atoms. The summed E-state index contributed by atoms with van der Waals surface area (Å²) >= 11 is 5.87. The number of halogens is 2. The summed E-state index contributed by atoms with van der Waals surface area (Å²) in [6, 6.07) is 19.2. The van der Waals surface area contributed by atoms with E-state index in [0.29, 0.717) is 27.6 Å². The average molecular weight is 423 g/mol. The minimum atomic E-state index is -0.541. The van der Waals surface area contributed by atoms with Crippen molar-refractivity contribution in [1.29, 1.82) is 0 Å². The zero-order valence-corrected chi connectivity index (χ0v) is 16.4. The van der Waals surface area contributed by atoms with E-state index in [1.165, 1.54) is 6.07 Å². The zero-order chi connectivity index (χ0) is 21.1. The van der Waals surface area contributed by atoms with Crippen molar-refractivity contribution in [3.05, 3.63) is 100 Å². The molecule has 30 heavy (non-hydrogen) atoms. The number of carbonyl (C=O) groups excluding carboxylic acids is 2. The van der Waals surface area contributed by atoms with Crippen LogP contribution in [0.25, 0.3) is 6.08 Å². The van der Waals surface area contributed by atoms with Crippen LogP contribution in [0.2, 0.25) is 5.02 Å². The summed E-state index contributed by atoms with van der Waals surface area (Å²) in [7, 11) is 0. The average Bonchev–Trinajstić information content (AvgIpc) is 3.01. The Balaban J connectivity index is 1.51. The largest absolute Gasteiger partial charge is 0.489 e. The van der Waals surface area contributed by atoms with Crippen molar-refractivity contribution in [2.75, 3.05) is 4.90 Å². The van der Waals surface area contributed by atoms with Crippen LogP contribution in [0.5, 0.6) is 5.75 Å². The summed E-state index contributed by atoms with van der Waals surface area (Å²) in [5, 5.41) is 3.08. The predicted molar refractivity (Wildman–Crippen MR) is 113 cm³/mol. The van der Waals surface area contributed by atoms with Crippen LogP contribution in [0.3, 0.4) is 0 Å². The third-order valence-electron chi connectivity index (χ3n) is 4.48. The fourth-order valence-electron chi connectivity index (χ4n) is 3.00. The second-order valence-corrected chi connectivity index (χ2v) is 6.99. The van der Waals surface area contributed by atoms with Gasteiger partial charge in [-0.1, -0.05) is 41.9 Å². The second kappa shape index (κ2) is 8.39. The van der Waals surface area contributed by atoms with E-state index in [-0.39, 0.29) is 18.1 Å². The van der Waals surface area contributed by atoms with Crippen molar-refractivity contribution in [1.82, 2.24) is 5.32 Å². The molecule has 150 valence electrons. The highest BCUT2D eigenvalue weighted by molar-refractivity contribution is 6.31. The van der Waals surface area contributed by atoms with Gasteiger partial charge in [0.2, 0.25) is 0 Å². The van der Waals surface area contributed by atoms with Gasteiger partial charge >= 0.3 is 6.03 Å². The van der Waals surface area contributed by atoms with Gasteiger partial charge in [0.15, 0.2) is 0 Å². The molecule has 0 bridgehead atoms. The first kappa shape index (κ1) is 19.7. The van der Waals surface area contributed by atoms with E-state index in [1.54, 1.807) is 72.8 Å². The van der Waals surface area contributed by atoms with Gasteiger partial charge in [0.1, 0.15) is 23.9 Å². The lowest BCUT2D eigenvalue weighted by atomic mass is 10.1. The lowest BCUT2D eigenvalue weighted by Gasteiger charge is -2.11. The molecule has 0 atom stereocenters. The molecule has 0 unspecified atom stereocenters. The summed E-state index contributed by atoms with van der Waals surface area (Å²) in [4.78, 5) is 26.0. The Bertz CT molecular complexity index is 1150. The summed E-state index contributed by atoms with van der Waals surface area (Å²) in [5.74, 6) is -0.295. The number of amides is 3. The molecular formula is C23H16ClFN2O3. The van der Waals surface area contributed by atoms with Gasteiger partial charge in [-0.25, -0.2) is 14.1 Å². The van der Waals surface area contributed by atoms with Crippen LogP contribution >= 0.6 is 11.6 Å². The van der Waals surface area contributed by atoms with Gasteiger partial charge in [0.05, 0.1) is 5.69 Å². The third kappa shape index (κ3) is 4.18. The van der Waals surface area contributed by atoms with E-state index in [2.05, 4.69) is 5.32 Å². The molecule has 0 radical (unpaired) electrons. The normalized spacial score (nSPS) is 14.9. The minimum absolute atomic E-state index is 0.0761. The van der Waals surface area contributed by atoms with Gasteiger partial charge in [-0.2, -0.15) is 0 Å². The molecule has 0 aliphatic carbocycles. The minimum Gasteiger partial charge on any atom is -0.489 e. The first-order chi connectivity index (χ1) is 14.5. The van der Waals surface area contributed by atoms with Crippen LogP contribution in [-0.4, -0.2) is 11.9 Å². The van der Waals surface area contributed by atoms with E-state index in [9.17, 15) is 14.0 Å². The van der Waals surface area contributed by atoms with Crippen LogP contribution < -0.4 is 15.0 Å². The van der Waals surface area contributed by atoms with E-state index >= 15 is 0 Å². The topological polar surface area (TPSA) is 58.6 Å². The summed E-state index contributed by atoms with van der Waals surface area (Å²) in [6.45, 7) is 0.0761. The molecule has 3 amide bonds. The number of rotatable bonds is 5. The highest BCUT2D eigenvalue weighted by atomic mass is 35.5. The zero-order valence-electron chi connectivity index (χ0n) is 15.6. The highest BCUT2D eigenvalue weighted by Gasteiger charge is 2.34. The lowest BCUT2D eigenvalue weighted by molar-refractivity contribution is -0.113. The number of ether oxygens (including phenoxy) is 1. The van der Waals surface area contributed by atoms with Crippen molar-refractivity contribution < 1.29 is 18.7 Å². The Labute approximate surface area is 177 Å². The van der Waals surface area contributed by atoms with Crippen molar-refractivity contribution >= 4 is 35.3 Å². The number of benzene rings is 3. The summed E-state index contributed by atoms with van der Waals surface area (Å²) in [6.07, 6.45) is 1.56. The van der Waals surface area contributed by atoms with E-state index in [0.717, 1.165) is 4.90 Å². The van der Waals surface area contributed by atoms with Gasteiger partial charge in [0.25, 0.3) is 5.91 Å². The molecule has 1 aliphatic heterocycles. The summed E-state index contributed by atoms with van der Waals surface area (Å²) < 4.78 is 19.4. The van der Waals surface area contributed by atoms with Gasteiger partial charge in [-0.05, 0) is 54.1 Å². The molecule has 1 aliphatic rings. The number of hydrogen-bond acceptors (Lipinski definition) is 3. The molecule has 1 N–H and O–H groups in total. The van der Waals surface area contributed by atoms with Crippen LogP contribution in [0.4, 0.5) is 14.9 Å². The van der Waals surface area contributed by atoms with Crippen LogP contribution in [0, 0.1) is 5.82 Å². The summed E-state index contributed by atoms with van der Waals surface area (Å²) in [5.41, 5.74) is 1.66. The molecule has 1 heterocycles. The van der Waals surface area contributed by atoms with Gasteiger partial charge in [-0.15, -0.1) is 0 Å². The number of nitrogens with zero attached hydrogens (tertiary/aromatic N) is 1. The molecule has 1 fully saturated rings. The Morgan fingerprint density at radius 3 is 2.53 bits per heavy atom. The fourth-order valence-corrected chi connectivity index (χ4v) is 3.12. The number of nitrogens with one attached hydrogen (secondary N) is 1. The number of imide groups is 1. The molecule has 0 saturated carbocycles. The van der Waals surface area contributed by atoms with Crippen molar-refractivity contribution in [3.8, 4) is 5.75 Å². The molecule has 3 aromatic carbocycles. The van der Waals surface area contributed by atoms with Crippen molar-refractivity contribution in [2.24, 2.45) is 0 Å². The molecule has 7 heteroatoms. The Hall–Kier alpha value is -3.64. The van der Waals surface area contributed by atoms with Crippen LogP contribution in [0.1, 0.15) is 11.1 Å². The first-order valence-electron chi connectivity index (χ1n) is 9.10. The Kier molecular flexibility index (Phi) is 5.50. The molecule has 4 rings (SSSR count). The first-order valence-corrected chi connectivity index (χ1v) is 9.48. The fraction of sp³-hybridized carbons (Fsp3) is 0.0435. The van der Waals surface area contributed by atoms with Crippen molar-refractivity contribution in [3.63, 3.8) is 0 Å². The quantitative estimate of drug-likeness (QED) is 0.456. The maximum atomic E-state index is 13.7. The molecule has 3 aromatic rings. The predicted octanol–water partition coefficient (Wildman–Crippen LogP) is 5.16. The van der Waals surface area contributed by atoms with Gasteiger partial charge in [0, 0.05) is 10.6 Å². The number of hydrogen-bond donors (Lipinski definition) is 1. The maximum absolute atomic E-state index is 13.7. The molecule has 5 nitrogen and oxygen atoms in total. The number of anilines is 1. The van der Waals surface area contributed by atoms with Crippen LogP contribution in [0.15, 0.2) is 78.5 Å². The van der Waals surface area contributed by atoms with E-state index in [1.807, 2.05) is 0 Å². The molecule has 1 saturated heterocycles. The van der Waals surface area contributed by atoms with Gasteiger partial charge < -0.3 is 10.1 Å². The number of carbonyl (C=O) groups is 2. The maximum Gasteiger partial charge on any atom is 0.333 e. The lowest BCUT2D eigenvalue weighted by Crippen LogP contribution is -2.30. The second-order valence-electron chi connectivity index (χ2n) is 6.56. The Morgan fingerprint density at radius 1 is 1.00 bits per heavy atom. The Morgan fingerprint density at radius 2 is 1.77 bits per heavy atom. The van der Waals surface area contributed by atoms with E-state index in [4.69, 9.17) is 16.3 Å². The monoisotopic (exact) mass is 422 g/mol. The molecule has 0 aromatic heterocycles. The van der Waals surface area contributed by atoms with E-state index < -0.39 is 11.9 Å². The standard InChI is InChI=1S/C23H16ClFN2O3/c24-17-8-10-18(11-9-17)27-22(28)21(26-23(27)29)13-15-4-3-6-19(12-15)30-14-16-5-1-2-7-20(16)25/h1-13H,14H2,(H,26,29)/b21-13+. The highest BCUT2D eigenvalue weighted by Crippen LogP contribution is 2.25. The van der Waals surface area contributed by atoms with Crippen molar-refractivity contribution in [2.45, 2.75) is 6.61 Å². The molecular weight excluding hydrogens is 407 g/mol. The third-order valence-corrected chi connectivity index (χ3v) is 4.74. The van der Waals surface area contributed by atoms with Gasteiger partial charge in [-0.3, -0.25) is 4.79 Å². The smallest absolute Gasteiger partial charge is 0.333 e. The number of urea groups is 1.